The van der Waals surface area contributed by atoms with Crippen molar-refractivity contribution >= 4 is 0 Å². The van der Waals surface area contributed by atoms with Crippen LogP contribution >= 0.6 is 0 Å². The van der Waals surface area contributed by atoms with E-state index < -0.39 is 0 Å². The highest BCUT2D eigenvalue weighted by molar-refractivity contribution is 5.36. The van der Waals surface area contributed by atoms with Crippen LogP contribution in [-0.4, -0.2) is 30.5 Å². The fourth-order valence-corrected chi connectivity index (χ4v) is 1.27. The Morgan fingerprint density at radius 3 is 2.79 bits per heavy atom. The first-order valence-corrected chi connectivity index (χ1v) is 4.64. The molecule has 0 aliphatic rings. The lowest BCUT2D eigenvalue weighted by atomic mass is 10.1. The van der Waals surface area contributed by atoms with Crippen molar-refractivity contribution in [2.75, 3.05) is 20.6 Å². The Bertz CT molecular complexity index is 350. The van der Waals surface area contributed by atoms with Gasteiger partial charge in [0, 0.05) is 18.4 Å². The van der Waals surface area contributed by atoms with Gasteiger partial charge in [0.15, 0.2) is 0 Å². The molecule has 0 spiro atoms. The number of likely N-dealkylation sites (N-methyl/N-ethyl adjacent to an activating group) is 1. The van der Waals surface area contributed by atoms with Gasteiger partial charge in [-0.25, -0.2) is 0 Å². The third kappa shape index (κ3) is 2.82. The first-order valence-electron chi connectivity index (χ1n) is 4.64. The number of rotatable bonds is 3. The zero-order valence-electron chi connectivity index (χ0n) is 8.91. The Labute approximate surface area is 85.0 Å². The molecule has 3 heteroatoms. The van der Waals surface area contributed by atoms with Crippen LogP contribution in [0.2, 0.25) is 0 Å². The van der Waals surface area contributed by atoms with Crippen LogP contribution in [0.5, 0.6) is 0 Å². The molecule has 1 aromatic rings. The van der Waals surface area contributed by atoms with Crippen molar-refractivity contribution in [1.29, 1.82) is 5.26 Å². The van der Waals surface area contributed by atoms with E-state index in [1.807, 2.05) is 27.1 Å². The fraction of sp³-hybridized carbons (Fsp3) is 0.455. The second kappa shape index (κ2) is 4.73. The summed E-state index contributed by atoms with van der Waals surface area (Å²) in [4.78, 5) is 6.21. The molecule has 0 radical (unpaired) electrons. The number of nitrogens with zero attached hydrogens (tertiary/aromatic N) is 3. The third-order valence-electron chi connectivity index (χ3n) is 2.08. The topological polar surface area (TPSA) is 39.9 Å². The lowest BCUT2D eigenvalue weighted by molar-refractivity contribution is 0.413. The van der Waals surface area contributed by atoms with Crippen LogP contribution in [0, 0.1) is 18.3 Å². The average Bonchev–Trinajstić information content (AvgIpc) is 2.15. The highest BCUT2D eigenvalue weighted by atomic mass is 15.0. The van der Waals surface area contributed by atoms with Gasteiger partial charge in [0.05, 0.1) is 5.56 Å². The first kappa shape index (κ1) is 10.7. The van der Waals surface area contributed by atoms with E-state index in [0.29, 0.717) is 5.56 Å². The maximum atomic E-state index is 8.87. The van der Waals surface area contributed by atoms with E-state index in [-0.39, 0.29) is 0 Å². The Morgan fingerprint density at radius 1 is 1.50 bits per heavy atom. The number of aromatic nitrogens is 1. The average molecular weight is 189 g/mol. The molecule has 0 saturated heterocycles. The van der Waals surface area contributed by atoms with Gasteiger partial charge in [-0.1, -0.05) is 0 Å². The number of hydrogen-bond acceptors (Lipinski definition) is 3. The summed E-state index contributed by atoms with van der Waals surface area (Å²) in [6.07, 6.45) is 2.56. The monoisotopic (exact) mass is 189 g/mol. The zero-order chi connectivity index (χ0) is 10.6. The lowest BCUT2D eigenvalue weighted by Crippen LogP contribution is -2.15. The van der Waals surface area contributed by atoms with Crippen LogP contribution in [0.1, 0.15) is 16.8 Å². The van der Waals surface area contributed by atoms with Crippen molar-refractivity contribution in [2.24, 2.45) is 0 Å². The molecule has 0 aromatic carbocycles. The van der Waals surface area contributed by atoms with Gasteiger partial charge >= 0.3 is 0 Å². The maximum absolute atomic E-state index is 8.87. The molecule has 14 heavy (non-hydrogen) atoms. The quantitative estimate of drug-likeness (QED) is 0.721. The van der Waals surface area contributed by atoms with Crippen LogP contribution in [0.4, 0.5) is 0 Å². The summed E-state index contributed by atoms with van der Waals surface area (Å²) in [6, 6.07) is 4.15. The Hall–Kier alpha value is -1.40. The summed E-state index contributed by atoms with van der Waals surface area (Å²) >= 11 is 0. The van der Waals surface area contributed by atoms with Gasteiger partial charge in [0.1, 0.15) is 6.07 Å². The number of nitriles is 1. The number of pyridine rings is 1. The molecule has 0 aliphatic heterocycles. The van der Waals surface area contributed by atoms with E-state index >= 15 is 0 Å². The second-order valence-electron chi connectivity index (χ2n) is 3.65. The summed E-state index contributed by atoms with van der Waals surface area (Å²) < 4.78 is 0. The van der Waals surface area contributed by atoms with Crippen LogP contribution in [0.15, 0.2) is 12.3 Å². The second-order valence-corrected chi connectivity index (χ2v) is 3.65. The van der Waals surface area contributed by atoms with Gasteiger partial charge < -0.3 is 4.90 Å². The summed E-state index contributed by atoms with van der Waals surface area (Å²) in [5.41, 5.74) is 2.75. The summed E-state index contributed by atoms with van der Waals surface area (Å²) in [5.74, 6) is 0. The molecule has 0 amide bonds. The van der Waals surface area contributed by atoms with Crippen LogP contribution in [-0.2, 0) is 6.42 Å². The minimum absolute atomic E-state index is 0.692. The normalized spacial score (nSPS) is 10.2. The van der Waals surface area contributed by atoms with Gasteiger partial charge in [-0.2, -0.15) is 5.26 Å². The molecule has 0 saturated carbocycles. The van der Waals surface area contributed by atoms with E-state index in [1.54, 1.807) is 6.20 Å². The minimum atomic E-state index is 0.692. The molecule has 1 rings (SSSR count). The molecule has 0 bridgehead atoms. The molecule has 3 nitrogen and oxygen atoms in total. The minimum Gasteiger partial charge on any atom is -0.309 e. The van der Waals surface area contributed by atoms with Gasteiger partial charge in [-0.05, 0) is 39.1 Å². The van der Waals surface area contributed by atoms with Crippen molar-refractivity contribution in [3.05, 3.63) is 29.1 Å². The number of aryl methyl sites for hydroxylation is 1. The van der Waals surface area contributed by atoms with Crippen molar-refractivity contribution in [2.45, 2.75) is 13.3 Å². The van der Waals surface area contributed by atoms with Crippen molar-refractivity contribution in [3.8, 4) is 6.07 Å². The molecule has 0 unspecified atom stereocenters. The van der Waals surface area contributed by atoms with E-state index in [0.717, 1.165) is 24.2 Å². The molecule has 0 fully saturated rings. The van der Waals surface area contributed by atoms with Gasteiger partial charge in [0.2, 0.25) is 0 Å². The highest BCUT2D eigenvalue weighted by Gasteiger charge is 2.03. The molecular weight excluding hydrogens is 174 g/mol. The number of hydrogen-bond donors (Lipinski definition) is 0. The Morgan fingerprint density at radius 2 is 2.21 bits per heavy atom. The standard InChI is InChI=1S/C11H15N3/c1-9-6-10(4-5-14(2)3)11(7-12)8-13-9/h6,8H,4-5H2,1-3H3. The summed E-state index contributed by atoms with van der Waals surface area (Å²) in [5, 5.41) is 8.87. The molecule has 1 heterocycles. The van der Waals surface area contributed by atoms with Crippen molar-refractivity contribution in [3.63, 3.8) is 0 Å². The third-order valence-corrected chi connectivity index (χ3v) is 2.08. The highest BCUT2D eigenvalue weighted by Crippen LogP contribution is 2.09. The van der Waals surface area contributed by atoms with E-state index in [2.05, 4.69) is 16.0 Å². The Balaban J connectivity index is 2.84. The van der Waals surface area contributed by atoms with Crippen LogP contribution in [0.3, 0.4) is 0 Å². The fourth-order valence-electron chi connectivity index (χ4n) is 1.27. The maximum Gasteiger partial charge on any atom is 0.101 e. The summed E-state index contributed by atoms with van der Waals surface area (Å²) in [6.45, 7) is 2.90. The predicted molar refractivity (Wildman–Crippen MR) is 55.9 cm³/mol. The molecule has 0 N–H and O–H groups in total. The molecular formula is C11H15N3. The Kier molecular flexibility index (Phi) is 3.61. The smallest absolute Gasteiger partial charge is 0.101 e. The first-order chi connectivity index (χ1) is 6.63. The van der Waals surface area contributed by atoms with Gasteiger partial charge in [0.25, 0.3) is 0 Å². The van der Waals surface area contributed by atoms with Crippen molar-refractivity contribution in [1.82, 2.24) is 9.88 Å². The van der Waals surface area contributed by atoms with E-state index in [1.165, 1.54) is 0 Å². The van der Waals surface area contributed by atoms with E-state index in [9.17, 15) is 0 Å². The van der Waals surface area contributed by atoms with Gasteiger partial charge in [-0.3, -0.25) is 4.98 Å². The zero-order valence-corrected chi connectivity index (χ0v) is 8.91. The lowest BCUT2D eigenvalue weighted by Gasteiger charge is -2.10. The SMILES string of the molecule is Cc1cc(CCN(C)C)c(C#N)cn1. The van der Waals surface area contributed by atoms with Gasteiger partial charge in [-0.15, -0.1) is 0 Å². The summed E-state index contributed by atoms with van der Waals surface area (Å²) in [7, 11) is 4.06. The largest absolute Gasteiger partial charge is 0.309 e. The van der Waals surface area contributed by atoms with Crippen LogP contribution < -0.4 is 0 Å². The molecule has 0 aliphatic carbocycles. The molecule has 74 valence electrons. The predicted octanol–water partition coefficient (Wildman–Crippen LogP) is 1.37. The van der Waals surface area contributed by atoms with E-state index in [4.69, 9.17) is 5.26 Å². The van der Waals surface area contributed by atoms with Crippen LogP contribution in [0.25, 0.3) is 0 Å². The molecule has 0 atom stereocenters. The van der Waals surface area contributed by atoms with Crippen molar-refractivity contribution < 1.29 is 0 Å². The molecule has 1 aromatic heterocycles.